The Labute approximate surface area is 101 Å². The number of nitrogen functional groups attached to an aromatic ring is 1. The molecule has 0 bridgehead atoms. The second kappa shape index (κ2) is 5.21. The molecule has 0 aromatic carbocycles. The maximum absolute atomic E-state index is 11.9. The number of aromatic nitrogens is 2. The first-order chi connectivity index (χ1) is 8.20. The molecule has 5 nitrogen and oxygen atoms in total. The van der Waals surface area contributed by atoms with Crippen LogP contribution in [0.2, 0.25) is 0 Å². The first-order valence-corrected chi connectivity index (χ1v) is 6.32. The third-order valence-electron chi connectivity index (χ3n) is 3.59. The summed E-state index contributed by atoms with van der Waals surface area (Å²) < 4.78 is 0. The molecule has 2 unspecified atom stereocenters. The van der Waals surface area contributed by atoms with Crippen molar-refractivity contribution in [3.63, 3.8) is 0 Å². The van der Waals surface area contributed by atoms with Crippen LogP contribution in [0, 0.1) is 5.92 Å². The lowest BCUT2D eigenvalue weighted by Gasteiger charge is -2.31. The predicted molar refractivity (Wildman–Crippen MR) is 66.5 cm³/mol. The number of hydrogen-bond acceptors (Lipinski definition) is 3. The average Bonchev–Trinajstić information content (AvgIpc) is 2.77. The Hall–Kier alpha value is -1.52. The van der Waals surface area contributed by atoms with Crippen LogP contribution in [0.25, 0.3) is 0 Å². The van der Waals surface area contributed by atoms with Crippen LogP contribution in [0.3, 0.4) is 0 Å². The molecule has 1 amide bonds. The molecular formula is C12H20N4O. The standard InChI is InChI=1S/C12H20N4O/c1-2-8-5-3-4-6-9(8)14-12(17)10-7-11(13)16-15-10/h7-9H,2-6H2,1H3,(H,14,17)(H3,13,15,16). The molecule has 0 spiro atoms. The number of nitrogens with one attached hydrogen (secondary N) is 2. The highest BCUT2D eigenvalue weighted by Gasteiger charge is 2.25. The van der Waals surface area contributed by atoms with Gasteiger partial charge in [-0.1, -0.05) is 26.2 Å². The molecule has 1 aliphatic carbocycles. The Bertz CT molecular complexity index is 388. The normalized spacial score (nSPS) is 24.5. The van der Waals surface area contributed by atoms with Gasteiger partial charge in [-0.25, -0.2) is 0 Å². The highest BCUT2D eigenvalue weighted by atomic mass is 16.2. The zero-order valence-electron chi connectivity index (χ0n) is 10.2. The van der Waals surface area contributed by atoms with Crippen LogP contribution in [0.4, 0.5) is 5.82 Å². The van der Waals surface area contributed by atoms with Crippen LogP contribution in [0.15, 0.2) is 6.07 Å². The predicted octanol–water partition coefficient (Wildman–Crippen LogP) is 1.69. The molecule has 17 heavy (non-hydrogen) atoms. The van der Waals surface area contributed by atoms with E-state index in [2.05, 4.69) is 22.4 Å². The van der Waals surface area contributed by atoms with Crippen molar-refractivity contribution in [3.8, 4) is 0 Å². The largest absolute Gasteiger partial charge is 0.382 e. The van der Waals surface area contributed by atoms with Gasteiger partial charge in [-0.15, -0.1) is 0 Å². The first-order valence-electron chi connectivity index (χ1n) is 6.32. The number of H-pyrrole nitrogens is 1. The molecule has 94 valence electrons. The number of aromatic amines is 1. The summed E-state index contributed by atoms with van der Waals surface area (Å²) in [6.45, 7) is 2.18. The molecule has 1 aliphatic rings. The minimum Gasteiger partial charge on any atom is -0.382 e. The van der Waals surface area contributed by atoms with E-state index in [4.69, 9.17) is 5.73 Å². The van der Waals surface area contributed by atoms with E-state index in [1.165, 1.54) is 19.3 Å². The lowest BCUT2D eigenvalue weighted by atomic mass is 9.83. The van der Waals surface area contributed by atoms with Gasteiger partial charge < -0.3 is 11.1 Å². The van der Waals surface area contributed by atoms with Gasteiger partial charge in [0.05, 0.1) is 0 Å². The summed E-state index contributed by atoms with van der Waals surface area (Å²) in [5.74, 6) is 0.860. The molecule has 4 N–H and O–H groups in total. The number of amides is 1. The summed E-state index contributed by atoms with van der Waals surface area (Å²) in [6.07, 6.45) is 5.89. The van der Waals surface area contributed by atoms with Crippen molar-refractivity contribution in [2.75, 3.05) is 5.73 Å². The Morgan fingerprint density at radius 2 is 2.35 bits per heavy atom. The van der Waals surface area contributed by atoms with Gasteiger partial charge in [-0.3, -0.25) is 9.89 Å². The highest BCUT2D eigenvalue weighted by Crippen LogP contribution is 2.26. The molecule has 1 fully saturated rings. The van der Waals surface area contributed by atoms with Gasteiger partial charge in [0, 0.05) is 12.1 Å². The fraction of sp³-hybridized carbons (Fsp3) is 0.667. The summed E-state index contributed by atoms with van der Waals surface area (Å²) in [5.41, 5.74) is 5.93. The lowest BCUT2D eigenvalue weighted by Crippen LogP contribution is -2.42. The minimum absolute atomic E-state index is 0.0976. The van der Waals surface area contributed by atoms with E-state index in [9.17, 15) is 4.79 Å². The van der Waals surface area contributed by atoms with E-state index in [1.54, 1.807) is 6.07 Å². The summed E-state index contributed by atoms with van der Waals surface area (Å²) in [5, 5.41) is 9.49. The van der Waals surface area contributed by atoms with Crippen molar-refractivity contribution in [3.05, 3.63) is 11.8 Å². The molecule has 5 heteroatoms. The average molecular weight is 236 g/mol. The quantitative estimate of drug-likeness (QED) is 0.746. The molecule has 1 aromatic heterocycles. The summed E-state index contributed by atoms with van der Waals surface area (Å²) in [6, 6.07) is 1.87. The van der Waals surface area contributed by atoms with Crippen molar-refractivity contribution in [2.45, 2.75) is 45.1 Å². The van der Waals surface area contributed by atoms with E-state index in [0.29, 0.717) is 23.5 Å². The van der Waals surface area contributed by atoms with Gasteiger partial charge in [-0.05, 0) is 18.8 Å². The van der Waals surface area contributed by atoms with Crippen molar-refractivity contribution in [1.29, 1.82) is 0 Å². The highest BCUT2D eigenvalue weighted by molar-refractivity contribution is 5.93. The van der Waals surface area contributed by atoms with Crippen molar-refractivity contribution in [1.82, 2.24) is 15.5 Å². The number of nitrogens with two attached hydrogens (primary N) is 1. The molecule has 2 atom stereocenters. The van der Waals surface area contributed by atoms with Gasteiger partial charge in [0.15, 0.2) is 0 Å². The van der Waals surface area contributed by atoms with Crippen LogP contribution >= 0.6 is 0 Å². The maximum Gasteiger partial charge on any atom is 0.269 e. The smallest absolute Gasteiger partial charge is 0.269 e. The number of carbonyl (C=O) groups excluding carboxylic acids is 1. The number of carbonyl (C=O) groups is 1. The van der Waals surface area contributed by atoms with Crippen LogP contribution in [0.1, 0.15) is 49.5 Å². The van der Waals surface area contributed by atoms with Crippen molar-refractivity contribution in [2.24, 2.45) is 5.92 Å². The number of anilines is 1. The molecule has 1 saturated carbocycles. The van der Waals surface area contributed by atoms with Crippen LogP contribution < -0.4 is 11.1 Å². The molecule has 2 rings (SSSR count). The van der Waals surface area contributed by atoms with Gasteiger partial charge >= 0.3 is 0 Å². The summed E-state index contributed by atoms with van der Waals surface area (Å²) >= 11 is 0. The van der Waals surface area contributed by atoms with Gasteiger partial charge in [0.2, 0.25) is 0 Å². The van der Waals surface area contributed by atoms with Gasteiger partial charge in [0.25, 0.3) is 5.91 Å². The van der Waals surface area contributed by atoms with Crippen LogP contribution in [-0.4, -0.2) is 22.1 Å². The van der Waals surface area contributed by atoms with E-state index in [-0.39, 0.29) is 5.91 Å². The van der Waals surface area contributed by atoms with Crippen molar-refractivity contribution < 1.29 is 4.79 Å². The Balaban J connectivity index is 1.97. The third-order valence-corrected chi connectivity index (χ3v) is 3.59. The van der Waals surface area contributed by atoms with Crippen LogP contribution in [0.5, 0.6) is 0 Å². The first kappa shape index (κ1) is 12.0. The minimum atomic E-state index is -0.0976. The fourth-order valence-corrected chi connectivity index (χ4v) is 2.59. The topological polar surface area (TPSA) is 83.8 Å². The lowest BCUT2D eigenvalue weighted by molar-refractivity contribution is 0.0899. The molecule has 1 aromatic rings. The fourth-order valence-electron chi connectivity index (χ4n) is 2.59. The van der Waals surface area contributed by atoms with Crippen LogP contribution in [-0.2, 0) is 0 Å². The SMILES string of the molecule is CCC1CCCCC1NC(=O)c1cc(N)n[nH]1. The van der Waals surface area contributed by atoms with E-state index < -0.39 is 0 Å². The Morgan fingerprint density at radius 3 is 3.00 bits per heavy atom. The molecule has 0 radical (unpaired) electrons. The zero-order chi connectivity index (χ0) is 12.3. The zero-order valence-corrected chi connectivity index (χ0v) is 10.2. The molecule has 0 saturated heterocycles. The summed E-state index contributed by atoms with van der Waals surface area (Å²) in [4.78, 5) is 11.9. The maximum atomic E-state index is 11.9. The Morgan fingerprint density at radius 1 is 1.59 bits per heavy atom. The third kappa shape index (κ3) is 2.78. The van der Waals surface area contributed by atoms with E-state index in [0.717, 1.165) is 12.8 Å². The van der Waals surface area contributed by atoms with Gasteiger partial charge in [0.1, 0.15) is 11.5 Å². The molecule has 1 heterocycles. The number of nitrogens with zero attached hydrogens (tertiary/aromatic N) is 1. The second-order valence-corrected chi connectivity index (χ2v) is 4.74. The van der Waals surface area contributed by atoms with E-state index >= 15 is 0 Å². The van der Waals surface area contributed by atoms with Crippen molar-refractivity contribution >= 4 is 11.7 Å². The van der Waals surface area contributed by atoms with E-state index in [1.807, 2.05) is 0 Å². The summed E-state index contributed by atoms with van der Waals surface area (Å²) in [7, 11) is 0. The monoisotopic (exact) mass is 236 g/mol. The molecular weight excluding hydrogens is 216 g/mol. The number of rotatable bonds is 3. The second-order valence-electron chi connectivity index (χ2n) is 4.74. The Kier molecular flexibility index (Phi) is 3.66. The van der Waals surface area contributed by atoms with Gasteiger partial charge in [-0.2, -0.15) is 5.10 Å². The number of hydrogen-bond donors (Lipinski definition) is 3. The molecule has 0 aliphatic heterocycles.